The maximum atomic E-state index is 12.6. The number of piperazine rings is 1. The predicted octanol–water partition coefficient (Wildman–Crippen LogP) is 2.72. The highest BCUT2D eigenvalue weighted by Gasteiger charge is 2.44. The van der Waals surface area contributed by atoms with Crippen LogP contribution in [0.4, 0.5) is 10.5 Å². The van der Waals surface area contributed by atoms with E-state index in [0.29, 0.717) is 5.58 Å². The Bertz CT molecular complexity index is 894. The summed E-state index contributed by atoms with van der Waals surface area (Å²) in [5.41, 5.74) is 1.92. The molecule has 0 spiro atoms. The van der Waals surface area contributed by atoms with Crippen molar-refractivity contribution in [2.45, 2.75) is 51.3 Å². The second-order valence-electron chi connectivity index (χ2n) is 8.26. The molecule has 7 nitrogen and oxygen atoms in total. The maximum absolute atomic E-state index is 12.6. The van der Waals surface area contributed by atoms with Crippen LogP contribution in [0.25, 0.3) is 11.1 Å². The first kappa shape index (κ1) is 17.0. The molecule has 2 aromatic rings. The lowest BCUT2D eigenvalue weighted by atomic mass is 10.1. The molecule has 3 heterocycles. The molecule has 2 bridgehead atoms. The molecule has 2 aliphatic rings. The van der Waals surface area contributed by atoms with Crippen LogP contribution in [0.1, 0.15) is 33.6 Å². The summed E-state index contributed by atoms with van der Waals surface area (Å²) < 4.78 is 12.4. The first-order valence-corrected chi connectivity index (χ1v) is 9.09. The minimum Gasteiger partial charge on any atom is -0.444 e. The number of fused-ring (bicyclic) bond motifs is 3. The number of aryl methyl sites for hydroxylation is 1. The Kier molecular flexibility index (Phi) is 3.78. The van der Waals surface area contributed by atoms with E-state index in [1.807, 2.05) is 43.9 Å². The van der Waals surface area contributed by atoms with Crippen molar-refractivity contribution >= 4 is 22.9 Å². The fraction of sp³-hybridized carbons (Fsp3) is 0.579. The molecule has 1 aromatic carbocycles. The van der Waals surface area contributed by atoms with E-state index in [4.69, 9.17) is 9.15 Å². The van der Waals surface area contributed by atoms with E-state index in [-0.39, 0.29) is 23.9 Å². The van der Waals surface area contributed by atoms with Crippen molar-refractivity contribution in [1.29, 1.82) is 0 Å². The molecule has 1 amide bonds. The van der Waals surface area contributed by atoms with E-state index in [1.54, 1.807) is 7.05 Å². The highest BCUT2D eigenvalue weighted by atomic mass is 16.6. The van der Waals surface area contributed by atoms with Crippen LogP contribution in [0.15, 0.2) is 27.4 Å². The number of hydrogen-bond acceptors (Lipinski definition) is 5. The Balaban J connectivity index is 1.55. The summed E-state index contributed by atoms with van der Waals surface area (Å²) in [5.74, 6) is -0.355. The molecule has 0 saturated carbocycles. The molecule has 4 rings (SSSR count). The lowest BCUT2D eigenvalue weighted by Crippen LogP contribution is -2.56. The highest BCUT2D eigenvalue weighted by molar-refractivity contribution is 5.78. The number of anilines is 1. The average molecular weight is 359 g/mol. The molecule has 0 radical (unpaired) electrons. The van der Waals surface area contributed by atoms with Crippen molar-refractivity contribution in [2.75, 3.05) is 18.0 Å². The Labute approximate surface area is 152 Å². The molecule has 2 aliphatic heterocycles. The number of nitrogens with zero attached hydrogens (tertiary/aromatic N) is 3. The summed E-state index contributed by atoms with van der Waals surface area (Å²) >= 11 is 0. The minimum atomic E-state index is -0.483. The third-order valence-electron chi connectivity index (χ3n) is 5.23. The van der Waals surface area contributed by atoms with Gasteiger partial charge in [-0.25, -0.2) is 9.59 Å². The number of carbonyl (C=O) groups excluding carboxylic acids is 1. The fourth-order valence-corrected chi connectivity index (χ4v) is 4.05. The van der Waals surface area contributed by atoms with Crippen LogP contribution in [0.5, 0.6) is 0 Å². The van der Waals surface area contributed by atoms with Gasteiger partial charge in [0.15, 0.2) is 5.58 Å². The van der Waals surface area contributed by atoms with Gasteiger partial charge in [0.05, 0.1) is 17.6 Å². The smallest absolute Gasteiger partial charge is 0.419 e. The van der Waals surface area contributed by atoms with Gasteiger partial charge in [0.2, 0.25) is 0 Å². The zero-order valence-corrected chi connectivity index (χ0v) is 15.7. The number of amides is 1. The predicted molar refractivity (Wildman–Crippen MR) is 98.6 cm³/mol. The summed E-state index contributed by atoms with van der Waals surface area (Å²) in [6.45, 7) is 7.21. The molecule has 2 unspecified atom stereocenters. The van der Waals surface area contributed by atoms with Crippen molar-refractivity contribution in [3.63, 3.8) is 0 Å². The molecule has 140 valence electrons. The van der Waals surface area contributed by atoms with Gasteiger partial charge in [0.25, 0.3) is 0 Å². The molecular formula is C19H25N3O4. The Morgan fingerprint density at radius 1 is 1.19 bits per heavy atom. The number of ether oxygens (including phenoxy) is 1. The van der Waals surface area contributed by atoms with Gasteiger partial charge in [0.1, 0.15) is 5.60 Å². The van der Waals surface area contributed by atoms with Crippen LogP contribution in [0, 0.1) is 0 Å². The van der Waals surface area contributed by atoms with Gasteiger partial charge in [0, 0.05) is 31.9 Å². The normalized spacial score (nSPS) is 22.9. The molecule has 7 heteroatoms. The van der Waals surface area contributed by atoms with Crippen molar-refractivity contribution in [3.05, 3.63) is 28.7 Å². The molecule has 2 saturated heterocycles. The number of carbonyl (C=O) groups is 1. The Morgan fingerprint density at radius 3 is 2.46 bits per heavy atom. The largest absolute Gasteiger partial charge is 0.444 e. The number of rotatable bonds is 1. The third-order valence-corrected chi connectivity index (χ3v) is 5.23. The van der Waals surface area contributed by atoms with E-state index in [0.717, 1.165) is 37.1 Å². The molecule has 0 N–H and O–H groups in total. The molecular weight excluding hydrogens is 334 g/mol. The van der Waals surface area contributed by atoms with Gasteiger partial charge >= 0.3 is 11.8 Å². The third kappa shape index (κ3) is 2.85. The van der Waals surface area contributed by atoms with Gasteiger partial charge in [-0.15, -0.1) is 0 Å². The van der Waals surface area contributed by atoms with E-state index < -0.39 is 5.60 Å². The van der Waals surface area contributed by atoms with E-state index in [1.165, 1.54) is 4.57 Å². The summed E-state index contributed by atoms with van der Waals surface area (Å²) in [5, 5.41) is 0. The van der Waals surface area contributed by atoms with Crippen molar-refractivity contribution in [2.24, 2.45) is 7.05 Å². The van der Waals surface area contributed by atoms with Gasteiger partial charge in [-0.05, 0) is 45.7 Å². The highest BCUT2D eigenvalue weighted by Crippen LogP contribution is 2.34. The van der Waals surface area contributed by atoms with Crippen LogP contribution < -0.4 is 10.7 Å². The Morgan fingerprint density at radius 2 is 1.85 bits per heavy atom. The van der Waals surface area contributed by atoms with Crippen LogP contribution in [0.3, 0.4) is 0 Å². The SMILES string of the molecule is Cn1c(=O)oc2cc(N3CC4CCC(C3)N4C(=O)OC(C)(C)C)ccc21. The lowest BCUT2D eigenvalue weighted by Gasteiger charge is -2.42. The van der Waals surface area contributed by atoms with Crippen molar-refractivity contribution in [1.82, 2.24) is 9.47 Å². The van der Waals surface area contributed by atoms with Crippen LogP contribution in [-0.4, -0.2) is 46.3 Å². The van der Waals surface area contributed by atoms with Crippen molar-refractivity contribution in [3.8, 4) is 0 Å². The summed E-state index contributed by atoms with van der Waals surface area (Å²) in [7, 11) is 1.70. The van der Waals surface area contributed by atoms with Gasteiger partial charge in [-0.2, -0.15) is 0 Å². The number of hydrogen-bond donors (Lipinski definition) is 0. The van der Waals surface area contributed by atoms with Gasteiger partial charge in [-0.1, -0.05) is 0 Å². The average Bonchev–Trinajstić information content (AvgIpc) is 2.99. The number of oxazole rings is 1. The van der Waals surface area contributed by atoms with Gasteiger partial charge < -0.3 is 14.1 Å². The Hall–Kier alpha value is -2.44. The molecule has 1 aromatic heterocycles. The summed E-state index contributed by atoms with van der Waals surface area (Å²) in [6.07, 6.45) is 1.76. The second-order valence-corrected chi connectivity index (χ2v) is 8.26. The standard InChI is InChI=1S/C19H25N3O4/c1-19(2,3)26-18(24)22-13-5-6-14(22)11-21(10-13)12-7-8-15-16(9-12)25-17(23)20(15)4/h7-9,13-14H,5-6,10-11H2,1-4H3. The molecule has 0 aliphatic carbocycles. The summed E-state index contributed by atoms with van der Waals surface area (Å²) in [4.78, 5) is 28.5. The molecule has 2 fully saturated rings. The first-order valence-electron chi connectivity index (χ1n) is 9.09. The zero-order chi connectivity index (χ0) is 18.6. The van der Waals surface area contributed by atoms with E-state index in [2.05, 4.69) is 4.90 Å². The minimum absolute atomic E-state index is 0.155. The van der Waals surface area contributed by atoms with E-state index >= 15 is 0 Å². The fourth-order valence-electron chi connectivity index (χ4n) is 4.05. The monoisotopic (exact) mass is 359 g/mol. The maximum Gasteiger partial charge on any atom is 0.419 e. The second kappa shape index (κ2) is 5.79. The number of aromatic nitrogens is 1. The summed E-state index contributed by atoms with van der Waals surface area (Å²) in [6, 6.07) is 6.15. The quantitative estimate of drug-likeness (QED) is 0.783. The van der Waals surface area contributed by atoms with Crippen molar-refractivity contribution < 1.29 is 13.9 Å². The molecule has 2 atom stereocenters. The first-order chi connectivity index (χ1) is 12.2. The topological polar surface area (TPSA) is 67.9 Å². The van der Waals surface area contributed by atoms with Crippen LogP contribution >= 0.6 is 0 Å². The van der Waals surface area contributed by atoms with Gasteiger partial charge in [-0.3, -0.25) is 9.47 Å². The number of benzene rings is 1. The van der Waals surface area contributed by atoms with E-state index in [9.17, 15) is 9.59 Å². The zero-order valence-electron chi connectivity index (χ0n) is 15.7. The lowest BCUT2D eigenvalue weighted by molar-refractivity contribution is 0.0123. The van der Waals surface area contributed by atoms with Crippen LogP contribution in [-0.2, 0) is 11.8 Å². The molecule has 26 heavy (non-hydrogen) atoms. The van der Waals surface area contributed by atoms with Crippen LogP contribution in [0.2, 0.25) is 0 Å².